The van der Waals surface area contributed by atoms with E-state index in [9.17, 15) is 14.7 Å². The van der Waals surface area contributed by atoms with E-state index in [2.05, 4.69) is 0 Å². The summed E-state index contributed by atoms with van der Waals surface area (Å²) in [4.78, 5) is 25.6. The van der Waals surface area contributed by atoms with Gasteiger partial charge in [-0.05, 0) is 25.5 Å². The molecule has 0 aliphatic rings. The van der Waals surface area contributed by atoms with Crippen molar-refractivity contribution in [2.45, 2.75) is 32.5 Å². The lowest BCUT2D eigenvalue weighted by Crippen LogP contribution is -2.53. The van der Waals surface area contributed by atoms with Crippen LogP contribution in [0.5, 0.6) is 5.75 Å². The molecular formula is C21H24O6. The van der Waals surface area contributed by atoms with Gasteiger partial charge in [0.2, 0.25) is 0 Å². The van der Waals surface area contributed by atoms with Crippen LogP contribution in [0.25, 0.3) is 0 Å². The van der Waals surface area contributed by atoms with E-state index < -0.39 is 17.5 Å². The second-order valence-electron chi connectivity index (χ2n) is 5.85. The van der Waals surface area contributed by atoms with E-state index in [0.717, 1.165) is 5.56 Å². The van der Waals surface area contributed by atoms with Gasteiger partial charge in [-0.3, -0.25) is 0 Å². The van der Waals surface area contributed by atoms with Crippen LogP contribution < -0.4 is 0 Å². The van der Waals surface area contributed by atoms with Crippen molar-refractivity contribution in [3.63, 3.8) is 0 Å². The highest BCUT2D eigenvalue weighted by Gasteiger charge is 2.50. The molecule has 0 atom stereocenters. The minimum Gasteiger partial charge on any atom is -0.508 e. The van der Waals surface area contributed by atoms with Gasteiger partial charge in [-0.2, -0.15) is 0 Å². The summed E-state index contributed by atoms with van der Waals surface area (Å²) in [5.41, 5.74) is -0.797. The summed E-state index contributed by atoms with van der Waals surface area (Å²) in [6.45, 7) is 3.33. The number of carbonyl (C=O) groups excluding carboxylic acids is 2. The van der Waals surface area contributed by atoms with Gasteiger partial charge in [0.05, 0.1) is 19.8 Å². The Morgan fingerprint density at radius 2 is 1.44 bits per heavy atom. The molecule has 0 unspecified atom stereocenters. The zero-order chi connectivity index (χ0) is 19.7. The van der Waals surface area contributed by atoms with Gasteiger partial charge in [0.1, 0.15) is 5.75 Å². The molecule has 0 aliphatic carbocycles. The molecule has 1 N–H and O–H groups in total. The summed E-state index contributed by atoms with van der Waals surface area (Å²) in [6, 6.07) is 15.6. The van der Waals surface area contributed by atoms with Crippen LogP contribution in [0.3, 0.4) is 0 Å². The highest BCUT2D eigenvalue weighted by Crippen LogP contribution is 2.26. The molecule has 27 heavy (non-hydrogen) atoms. The van der Waals surface area contributed by atoms with Crippen LogP contribution in [0.15, 0.2) is 54.6 Å². The molecule has 0 amide bonds. The van der Waals surface area contributed by atoms with E-state index in [1.807, 2.05) is 6.07 Å². The Morgan fingerprint density at radius 1 is 0.889 bits per heavy atom. The molecule has 0 bridgehead atoms. The molecule has 0 fully saturated rings. The molecule has 6 nitrogen and oxygen atoms in total. The van der Waals surface area contributed by atoms with Crippen molar-refractivity contribution < 1.29 is 28.9 Å². The minimum atomic E-state index is -1.96. The Hall–Kier alpha value is -2.86. The van der Waals surface area contributed by atoms with Gasteiger partial charge in [0.15, 0.2) is 0 Å². The molecule has 0 aliphatic heterocycles. The zero-order valence-electron chi connectivity index (χ0n) is 15.5. The van der Waals surface area contributed by atoms with E-state index in [1.165, 1.54) is 6.07 Å². The molecule has 144 valence electrons. The van der Waals surface area contributed by atoms with Crippen molar-refractivity contribution in [2.75, 3.05) is 13.2 Å². The van der Waals surface area contributed by atoms with Crippen molar-refractivity contribution in [3.05, 3.63) is 65.7 Å². The first kappa shape index (κ1) is 20.5. The van der Waals surface area contributed by atoms with Crippen LogP contribution in [0.1, 0.15) is 25.0 Å². The maximum atomic E-state index is 12.8. The van der Waals surface area contributed by atoms with Crippen LogP contribution in [0.4, 0.5) is 0 Å². The summed E-state index contributed by atoms with van der Waals surface area (Å²) < 4.78 is 16.1. The predicted molar refractivity (Wildman–Crippen MR) is 99.0 cm³/mol. The summed E-state index contributed by atoms with van der Waals surface area (Å²) in [5, 5.41) is 9.97. The van der Waals surface area contributed by atoms with Crippen LogP contribution in [0.2, 0.25) is 0 Å². The van der Waals surface area contributed by atoms with Crippen molar-refractivity contribution in [1.29, 1.82) is 0 Å². The first-order chi connectivity index (χ1) is 13.0. The Morgan fingerprint density at radius 3 is 2.00 bits per heavy atom. The van der Waals surface area contributed by atoms with Crippen molar-refractivity contribution >= 4 is 11.9 Å². The third kappa shape index (κ3) is 5.08. The fourth-order valence-electron chi connectivity index (χ4n) is 2.61. The molecule has 0 saturated carbocycles. The standard InChI is InChI=1S/C21H24O6/c1-3-25-19(23)21(20(24)26-4-2,14-16-10-6-5-7-11-16)27-15-17-12-8-9-13-18(17)22/h5-13,22H,3-4,14-15H2,1-2H3. The maximum absolute atomic E-state index is 12.8. The van der Waals surface area contributed by atoms with Gasteiger partial charge < -0.3 is 19.3 Å². The quantitative estimate of drug-likeness (QED) is 0.538. The first-order valence-electron chi connectivity index (χ1n) is 8.82. The number of aromatic hydroxyl groups is 1. The highest BCUT2D eigenvalue weighted by molar-refractivity contribution is 6.04. The molecule has 2 aromatic rings. The normalized spacial score (nSPS) is 11.0. The van der Waals surface area contributed by atoms with Crippen molar-refractivity contribution in [1.82, 2.24) is 0 Å². The van der Waals surface area contributed by atoms with Gasteiger partial charge in [0, 0.05) is 12.0 Å². The average Bonchev–Trinajstić information content (AvgIpc) is 2.67. The van der Waals surface area contributed by atoms with Crippen molar-refractivity contribution in [3.8, 4) is 5.75 Å². The van der Waals surface area contributed by atoms with Gasteiger partial charge in [-0.1, -0.05) is 48.5 Å². The number of phenolic OH excluding ortho intramolecular Hbond substituents is 1. The zero-order valence-corrected chi connectivity index (χ0v) is 15.5. The Bertz CT molecular complexity index is 738. The lowest BCUT2D eigenvalue weighted by Gasteiger charge is -2.29. The number of rotatable bonds is 9. The third-order valence-electron chi connectivity index (χ3n) is 3.97. The van der Waals surface area contributed by atoms with Gasteiger partial charge in [-0.25, -0.2) is 9.59 Å². The fraction of sp³-hybridized carbons (Fsp3) is 0.333. The maximum Gasteiger partial charge on any atom is 0.350 e. The molecule has 0 heterocycles. The average molecular weight is 372 g/mol. The Labute approximate surface area is 158 Å². The number of esters is 2. The van der Waals surface area contributed by atoms with Crippen LogP contribution in [0, 0.1) is 0 Å². The highest BCUT2D eigenvalue weighted by atomic mass is 16.6. The predicted octanol–water partition coefficient (Wildman–Crippen LogP) is 3.02. The van der Waals surface area contributed by atoms with E-state index in [-0.39, 0.29) is 32.0 Å². The SMILES string of the molecule is CCOC(=O)C(Cc1ccccc1)(OCc1ccccc1O)C(=O)OCC. The second kappa shape index (κ2) is 9.73. The number of benzene rings is 2. The van der Waals surface area contributed by atoms with Crippen LogP contribution in [-0.4, -0.2) is 35.9 Å². The molecule has 2 aromatic carbocycles. The van der Waals surface area contributed by atoms with Crippen LogP contribution in [-0.2, 0) is 36.8 Å². The van der Waals surface area contributed by atoms with E-state index in [4.69, 9.17) is 14.2 Å². The van der Waals surface area contributed by atoms with Gasteiger partial charge in [0.25, 0.3) is 5.60 Å². The summed E-state index contributed by atoms with van der Waals surface area (Å²) in [6.07, 6.45) is -0.0426. The summed E-state index contributed by atoms with van der Waals surface area (Å²) in [5.74, 6) is -1.62. The Kier molecular flexibility index (Phi) is 7.37. The van der Waals surface area contributed by atoms with E-state index in [0.29, 0.717) is 5.56 Å². The van der Waals surface area contributed by atoms with Gasteiger partial charge in [-0.15, -0.1) is 0 Å². The number of para-hydroxylation sites is 1. The number of phenols is 1. The summed E-state index contributed by atoms with van der Waals surface area (Å²) in [7, 11) is 0. The molecule has 0 aromatic heterocycles. The monoisotopic (exact) mass is 372 g/mol. The van der Waals surface area contributed by atoms with Crippen molar-refractivity contribution in [2.24, 2.45) is 0 Å². The number of hydrogen-bond donors (Lipinski definition) is 1. The molecule has 0 spiro atoms. The largest absolute Gasteiger partial charge is 0.508 e. The second-order valence-corrected chi connectivity index (χ2v) is 5.85. The van der Waals surface area contributed by atoms with E-state index >= 15 is 0 Å². The number of carbonyl (C=O) groups is 2. The first-order valence-corrected chi connectivity index (χ1v) is 8.82. The number of ether oxygens (including phenoxy) is 3. The topological polar surface area (TPSA) is 82.1 Å². The lowest BCUT2D eigenvalue weighted by atomic mass is 9.94. The van der Waals surface area contributed by atoms with E-state index in [1.54, 1.807) is 56.3 Å². The lowest BCUT2D eigenvalue weighted by molar-refractivity contribution is -0.192. The molecule has 0 saturated heterocycles. The smallest absolute Gasteiger partial charge is 0.350 e. The molecule has 2 rings (SSSR count). The van der Waals surface area contributed by atoms with Gasteiger partial charge >= 0.3 is 11.9 Å². The molecule has 6 heteroatoms. The third-order valence-corrected chi connectivity index (χ3v) is 3.97. The molecule has 0 radical (unpaired) electrons. The summed E-state index contributed by atoms with van der Waals surface area (Å²) >= 11 is 0. The fourth-order valence-corrected chi connectivity index (χ4v) is 2.61. The minimum absolute atomic E-state index is 0.0128. The van der Waals surface area contributed by atoms with Crippen LogP contribution >= 0.6 is 0 Å². The Balaban J connectivity index is 2.40. The number of hydrogen-bond acceptors (Lipinski definition) is 6. The molecular weight excluding hydrogens is 348 g/mol.